The van der Waals surface area contributed by atoms with Gasteiger partial charge in [0.05, 0.1) is 39.9 Å². The molecule has 0 N–H and O–H groups in total. The SMILES string of the molecule is CCCCC/C=C\C/C=C\CCCCCCCCC1(CCCCCCCC/C=C/C/C=C/CCCCC)OCC(CC[N+](C)(C)CC)O1. The van der Waals surface area contributed by atoms with Gasteiger partial charge in [-0.3, -0.25) is 0 Å². The van der Waals surface area contributed by atoms with Crippen LogP contribution in [0.1, 0.15) is 194 Å². The van der Waals surface area contributed by atoms with Crippen molar-refractivity contribution in [3.05, 3.63) is 48.6 Å². The Morgan fingerprint density at radius 3 is 1.33 bits per heavy atom. The maximum atomic E-state index is 6.78. The molecule has 0 aliphatic carbocycles. The summed E-state index contributed by atoms with van der Waals surface area (Å²) in [6, 6.07) is 0. The minimum Gasteiger partial charge on any atom is -0.347 e. The molecule has 0 radical (unpaired) electrons. The van der Waals surface area contributed by atoms with Crippen LogP contribution in [0.25, 0.3) is 0 Å². The summed E-state index contributed by atoms with van der Waals surface area (Å²) in [7, 11) is 4.66. The Morgan fingerprint density at radius 2 is 0.917 bits per heavy atom. The Morgan fingerprint density at radius 1 is 0.521 bits per heavy atom. The number of allylic oxidation sites excluding steroid dienone is 8. The van der Waals surface area contributed by atoms with E-state index in [1.165, 1.54) is 148 Å². The zero-order valence-electron chi connectivity index (χ0n) is 33.2. The highest BCUT2D eigenvalue weighted by Gasteiger charge is 2.40. The van der Waals surface area contributed by atoms with Crippen LogP contribution >= 0.6 is 0 Å². The van der Waals surface area contributed by atoms with Crippen molar-refractivity contribution in [3.63, 3.8) is 0 Å². The number of ether oxygens (including phenoxy) is 2. The van der Waals surface area contributed by atoms with Crippen molar-refractivity contribution >= 4 is 0 Å². The molecule has 0 saturated carbocycles. The minimum atomic E-state index is -0.321. The molecule has 0 aromatic rings. The molecule has 1 heterocycles. The van der Waals surface area contributed by atoms with E-state index < -0.39 is 0 Å². The number of rotatable bonds is 34. The van der Waals surface area contributed by atoms with Crippen LogP contribution in [0.2, 0.25) is 0 Å². The van der Waals surface area contributed by atoms with Crippen molar-refractivity contribution in [3.8, 4) is 0 Å². The zero-order chi connectivity index (χ0) is 34.9. The van der Waals surface area contributed by atoms with Gasteiger partial charge in [0.2, 0.25) is 0 Å². The summed E-state index contributed by atoms with van der Waals surface area (Å²) < 4.78 is 14.4. The van der Waals surface area contributed by atoms with Crippen LogP contribution in [0.15, 0.2) is 48.6 Å². The maximum Gasteiger partial charge on any atom is 0.168 e. The van der Waals surface area contributed by atoms with Crippen molar-refractivity contribution in [2.24, 2.45) is 0 Å². The molecule has 1 fully saturated rings. The molecule has 2 unspecified atom stereocenters. The highest BCUT2D eigenvalue weighted by atomic mass is 16.7. The van der Waals surface area contributed by atoms with Crippen LogP contribution in [-0.2, 0) is 9.47 Å². The molecular formula is C45H84NO2+. The van der Waals surface area contributed by atoms with Gasteiger partial charge in [0.1, 0.15) is 0 Å². The monoisotopic (exact) mass is 671 g/mol. The lowest BCUT2D eigenvalue weighted by Gasteiger charge is -2.31. The summed E-state index contributed by atoms with van der Waals surface area (Å²) >= 11 is 0. The normalized spacial score (nSPS) is 19.0. The summed E-state index contributed by atoms with van der Waals surface area (Å²) in [5.41, 5.74) is 0. The van der Waals surface area contributed by atoms with Gasteiger partial charge in [-0.05, 0) is 84.0 Å². The zero-order valence-corrected chi connectivity index (χ0v) is 33.2. The van der Waals surface area contributed by atoms with Crippen molar-refractivity contribution < 1.29 is 14.0 Å². The van der Waals surface area contributed by atoms with Crippen molar-refractivity contribution in [1.29, 1.82) is 0 Å². The summed E-state index contributed by atoms with van der Waals surface area (Å²) in [5.74, 6) is -0.321. The van der Waals surface area contributed by atoms with E-state index in [9.17, 15) is 0 Å². The first-order valence-corrected chi connectivity index (χ1v) is 21.2. The molecule has 280 valence electrons. The van der Waals surface area contributed by atoms with Crippen LogP contribution in [-0.4, -0.2) is 50.2 Å². The third-order valence-electron chi connectivity index (χ3n) is 10.3. The standard InChI is InChI=1S/C45H84NO2/c1-6-9-11-13-15-17-19-21-23-25-27-29-31-33-35-37-40-45(47-43-44(48-45)39-42-46(4,5)8-3)41-38-36-34-32-30-28-26-24-22-20-18-16-14-12-10-7-2/h15-18,21-24,44H,6-14,19-20,25-43H2,1-5H3/q+1/b17-15-,18-16+,23-21-,24-22+. The number of quaternary nitrogens is 1. The molecule has 3 nitrogen and oxygen atoms in total. The predicted molar refractivity (Wildman–Crippen MR) is 214 cm³/mol. The van der Waals surface area contributed by atoms with Gasteiger partial charge in [0, 0.05) is 19.3 Å². The van der Waals surface area contributed by atoms with Crippen molar-refractivity contribution in [2.45, 2.75) is 206 Å². The van der Waals surface area contributed by atoms with Crippen molar-refractivity contribution in [1.82, 2.24) is 0 Å². The molecule has 1 aliphatic heterocycles. The van der Waals surface area contributed by atoms with Gasteiger partial charge in [-0.2, -0.15) is 0 Å². The first-order valence-electron chi connectivity index (χ1n) is 21.2. The van der Waals surface area contributed by atoms with Crippen LogP contribution in [0.5, 0.6) is 0 Å². The number of unbranched alkanes of at least 4 members (excludes halogenated alkanes) is 18. The summed E-state index contributed by atoms with van der Waals surface area (Å²) in [6.07, 6.45) is 53.4. The highest BCUT2D eigenvalue weighted by Crippen LogP contribution is 2.36. The van der Waals surface area contributed by atoms with Crippen LogP contribution in [0.4, 0.5) is 0 Å². The smallest absolute Gasteiger partial charge is 0.168 e. The predicted octanol–water partition coefficient (Wildman–Crippen LogP) is 14.0. The lowest BCUT2D eigenvalue weighted by molar-refractivity contribution is -0.889. The summed E-state index contributed by atoms with van der Waals surface area (Å²) in [4.78, 5) is 0. The molecule has 0 bridgehead atoms. The molecule has 1 rings (SSSR count). The van der Waals surface area contributed by atoms with Crippen LogP contribution in [0, 0.1) is 0 Å². The van der Waals surface area contributed by atoms with E-state index in [-0.39, 0.29) is 11.9 Å². The maximum absolute atomic E-state index is 6.78. The molecule has 1 saturated heterocycles. The Bertz CT molecular complexity index is 762. The first kappa shape index (κ1) is 44.9. The molecule has 0 amide bonds. The molecular weight excluding hydrogens is 587 g/mol. The molecule has 48 heavy (non-hydrogen) atoms. The molecule has 1 aliphatic rings. The van der Waals surface area contributed by atoms with E-state index in [0.717, 1.165) is 49.7 Å². The Balaban J connectivity index is 2.24. The highest BCUT2D eigenvalue weighted by molar-refractivity contribution is 4.93. The fourth-order valence-electron chi connectivity index (χ4n) is 6.56. The van der Waals surface area contributed by atoms with Crippen LogP contribution < -0.4 is 0 Å². The molecule has 0 spiro atoms. The molecule has 2 atom stereocenters. The van der Waals surface area contributed by atoms with Gasteiger partial charge in [0.25, 0.3) is 0 Å². The Hall–Kier alpha value is -1.16. The number of hydrogen-bond donors (Lipinski definition) is 0. The topological polar surface area (TPSA) is 18.5 Å². The fraction of sp³-hybridized carbons (Fsp3) is 0.822. The van der Waals surface area contributed by atoms with Gasteiger partial charge in [-0.25, -0.2) is 0 Å². The third kappa shape index (κ3) is 26.7. The second-order valence-corrected chi connectivity index (χ2v) is 15.4. The Labute approximate surface area is 301 Å². The third-order valence-corrected chi connectivity index (χ3v) is 10.3. The van der Waals surface area contributed by atoms with E-state index in [0.29, 0.717) is 0 Å². The van der Waals surface area contributed by atoms with Gasteiger partial charge in [-0.15, -0.1) is 0 Å². The lowest BCUT2D eigenvalue weighted by atomic mass is 9.98. The van der Waals surface area contributed by atoms with E-state index in [2.05, 4.69) is 83.5 Å². The van der Waals surface area contributed by atoms with Crippen molar-refractivity contribution in [2.75, 3.05) is 33.8 Å². The Kier molecular flexibility index (Phi) is 29.7. The molecule has 3 heteroatoms. The molecule has 0 aromatic heterocycles. The van der Waals surface area contributed by atoms with Gasteiger partial charge < -0.3 is 14.0 Å². The first-order chi connectivity index (χ1) is 23.5. The number of hydrogen-bond acceptors (Lipinski definition) is 2. The minimum absolute atomic E-state index is 0.267. The van der Waals surface area contributed by atoms with E-state index >= 15 is 0 Å². The fourth-order valence-corrected chi connectivity index (χ4v) is 6.56. The quantitative estimate of drug-likeness (QED) is 0.0385. The van der Waals surface area contributed by atoms with Gasteiger partial charge >= 0.3 is 0 Å². The average Bonchev–Trinajstić information content (AvgIpc) is 3.50. The molecule has 0 aromatic carbocycles. The van der Waals surface area contributed by atoms with E-state index in [4.69, 9.17) is 9.47 Å². The largest absolute Gasteiger partial charge is 0.347 e. The number of nitrogens with zero attached hydrogens (tertiary/aromatic N) is 1. The van der Waals surface area contributed by atoms with Gasteiger partial charge in [0.15, 0.2) is 5.79 Å². The summed E-state index contributed by atoms with van der Waals surface area (Å²) in [5, 5.41) is 0. The van der Waals surface area contributed by atoms with Gasteiger partial charge in [-0.1, -0.05) is 140 Å². The second kappa shape index (κ2) is 31.8. The lowest BCUT2D eigenvalue weighted by Crippen LogP contribution is -2.41. The van der Waals surface area contributed by atoms with E-state index in [1.807, 2.05) is 0 Å². The van der Waals surface area contributed by atoms with E-state index in [1.54, 1.807) is 0 Å². The summed E-state index contributed by atoms with van der Waals surface area (Å²) in [6.45, 7) is 9.94. The average molecular weight is 671 g/mol. The van der Waals surface area contributed by atoms with Crippen LogP contribution in [0.3, 0.4) is 0 Å². The second-order valence-electron chi connectivity index (χ2n) is 15.4.